The van der Waals surface area contributed by atoms with Crippen LogP contribution in [0.25, 0.3) is 0 Å². The maximum atomic E-state index is 12.9. The van der Waals surface area contributed by atoms with Crippen molar-refractivity contribution < 1.29 is 28.6 Å². The number of carbonyl (C=O) groups excluding carboxylic acids is 3. The summed E-state index contributed by atoms with van der Waals surface area (Å²) < 4.78 is 16.9. The van der Waals surface area contributed by atoms with E-state index in [0.29, 0.717) is 19.3 Å². The molecule has 0 rings (SSSR count). The molecular weight excluding hydrogens is 853 g/mol. The van der Waals surface area contributed by atoms with Gasteiger partial charge in [-0.05, 0) is 25.2 Å². The van der Waals surface area contributed by atoms with E-state index >= 15 is 0 Å². The highest BCUT2D eigenvalue weighted by molar-refractivity contribution is 5.71. The van der Waals surface area contributed by atoms with Gasteiger partial charge in [-0.3, -0.25) is 14.4 Å². The zero-order valence-corrected chi connectivity index (χ0v) is 47.3. The van der Waals surface area contributed by atoms with Crippen molar-refractivity contribution >= 4 is 17.9 Å². The molecule has 0 aromatic rings. The summed E-state index contributed by atoms with van der Waals surface area (Å²) in [5.41, 5.74) is 0. The molecule has 0 saturated carbocycles. The molecule has 2 atom stereocenters. The maximum Gasteiger partial charge on any atom is 0.306 e. The first-order valence-electron chi connectivity index (χ1n) is 31.4. The van der Waals surface area contributed by atoms with Crippen molar-refractivity contribution in [2.24, 2.45) is 5.92 Å². The van der Waals surface area contributed by atoms with Crippen LogP contribution >= 0.6 is 0 Å². The SMILES string of the molecule is CCCCCCCCCCCCCCCCCCCC(=O)OC[C@@H](COC(=O)CCCCCCCCCCCCCC)OC(=O)CCCCCCCCCCCCCCCCCCCCC(C)CC. The summed E-state index contributed by atoms with van der Waals surface area (Å²) in [4.78, 5) is 38.2. The molecule has 0 aliphatic carbocycles. The van der Waals surface area contributed by atoms with Crippen LogP contribution in [0.1, 0.15) is 362 Å². The van der Waals surface area contributed by atoms with Crippen molar-refractivity contribution in [3.05, 3.63) is 0 Å². The largest absolute Gasteiger partial charge is 0.462 e. The number of esters is 3. The highest BCUT2D eigenvalue weighted by Crippen LogP contribution is 2.19. The fourth-order valence-corrected chi connectivity index (χ4v) is 9.78. The first-order valence-corrected chi connectivity index (χ1v) is 31.4. The molecule has 0 aromatic carbocycles. The summed E-state index contributed by atoms with van der Waals surface area (Å²) >= 11 is 0. The highest BCUT2D eigenvalue weighted by Gasteiger charge is 2.19. The van der Waals surface area contributed by atoms with Crippen LogP contribution in [0.15, 0.2) is 0 Å². The van der Waals surface area contributed by atoms with Gasteiger partial charge in [-0.25, -0.2) is 0 Å². The number of ether oxygens (including phenoxy) is 3. The standard InChI is InChI=1S/C63H122O6/c1-5-8-10-12-14-16-18-20-21-24-28-31-35-39-43-47-51-55-62(65)68-58-60(57-67-61(64)54-50-46-42-38-34-19-17-15-13-11-9-6-2)69-63(66)56-52-48-44-40-36-32-29-26-23-22-25-27-30-33-37-41-45-49-53-59(4)7-3/h59-60H,5-58H2,1-4H3/t59?,60-/m1/s1. The van der Waals surface area contributed by atoms with Gasteiger partial charge in [0.1, 0.15) is 13.2 Å². The third kappa shape index (κ3) is 55.6. The maximum absolute atomic E-state index is 12.9. The van der Waals surface area contributed by atoms with Gasteiger partial charge in [0.05, 0.1) is 0 Å². The minimum absolute atomic E-state index is 0.0613. The van der Waals surface area contributed by atoms with Gasteiger partial charge in [0.2, 0.25) is 0 Å². The van der Waals surface area contributed by atoms with Gasteiger partial charge in [0.25, 0.3) is 0 Å². The van der Waals surface area contributed by atoms with Gasteiger partial charge < -0.3 is 14.2 Å². The zero-order chi connectivity index (χ0) is 50.2. The molecule has 1 unspecified atom stereocenters. The summed E-state index contributed by atoms with van der Waals surface area (Å²) in [6, 6.07) is 0. The minimum Gasteiger partial charge on any atom is -0.462 e. The Kier molecular flexibility index (Phi) is 56.0. The Bertz CT molecular complexity index is 1040. The molecule has 0 saturated heterocycles. The number of rotatable bonds is 58. The molecule has 0 bridgehead atoms. The topological polar surface area (TPSA) is 78.9 Å². The minimum atomic E-state index is -0.762. The number of hydrogen-bond acceptors (Lipinski definition) is 6. The number of hydrogen-bond donors (Lipinski definition) is 0. The average molecular weight is 976 g/mol. The van der Waals surface area contributed by atoms with Gasteiger partial charge >= 0.3 is 17.9 Å². The van der Waals surface area contributed by atoms with Crippen LogP contribution in [0.3, 0.4) is 0 Å². The predicted molar refractivity (Wildman–Crippen MR) is 298 cm³/mol. The van der Waals surface area contributed by atoms with Gasteiger partial charge in [0.15, 0.2) is 6.10 Å². The highest BCUT2D eigenvalue weighted by atomic mass is 16.6. The van der Waals surface area contributed by atoms with Crippen LogP contribution in [0.5, 0.6) is 0 Å². The number of unbranched alkanes of at least 4 members (excludes halogenated alkanes) is 44. The fourth-order valence-electron chi connectivity index (χ4n) is 9.78. The molecule has 0 spiro atoms. The van der Waals surface area contributed by atoms with E-state index in [9.17, 15) is 14.4 Å². The summed E-state index contributed by atoms with van der Waals surface area (Å²) in [6.07, 6.45) is 63.8. The van der Waals surface area contributed by atoms with Crippen molar-refractivity contribution in [3.63, 3.8) is 0 Å². The van der Waals surface area contributed by atoms with Gasteiger partial charge in [0, 0.05) is 19.3 Å². The van der Waals surface area contributed by atoms with Crippen LogP contribution in [-0.2, 0) is 28.6 Å². The van der Waals surface area contributed by atoms with E-state index in [2.05, 4.69) is 27.7 Å². The molecule has 0 aliphatic rings. The van der Waals surface area contributed by atoms with E-state index < -0.39 is 6.10 Å². The number of carbonyl (C=O) groups is 3. The summed E-state index contributed by atoms with van der Waals surface area (Å²) in [7, 11) is 0. The van der Waals surface area contributed by atoms with E-state index in [-0.39, 0.29) is 31.1 Å². The van der Waals surface area contributed by atoms with E-state index in [1.165, 1.54) is 257 Å². The normalized spacial score (nSPS) is 12.3. The quantitative estimate of drug-likeness (QED) is 0.0343. The Hall–Kier alpha value is -1.59. The summed E-state index contributed by atoms with van der Waals surface area (Å²) in [5.74, 6) is 0.0794. The van der Waals surface area contributed by atoms with Crippen LogP contribution in [0.4, 0.5) is 0 Å². The molecule has 69 heavy (non-hydrogen) atoms. The second kappa shape index (κ2) is 57.3. The Balaban J connectivity index is 4.23. The summed E-state index contributed by atoms with van der Waals surface area (Å²) in [5, 5.41) is 0. The van der Waals surface area contributed by atoms with E-state index in [1.807, 2.05) is 0 Å². The molecule has 410 valence electrons. The Labute approximate surface area is 431 Å². The van der Waals surface area contributed by atoms with Crippen LogP contribution in [0.2, 0.25) is 0 Å². The Morgan fingerprint density at radius 2 is 0.507 bits per heavy atom. The Morgan fingerprint density at radius 1 is 0.290 bits per heavy atom. The first-order chi connectivity index (χ1) is 33.9. The lowest BCUT2D eigenvalue weighted by Gasteiger charge is -2.18. The first kappa shape index (κ1) is 67.4. The average Bonchev–Trinajstić information content (AvgIpc) is 3.35. The van der Waals surface area contributed by atoms with Crippen LogP contribution in [-0.4, -0.2) is 37.2 Å². The molecule has 0 N–H and O–H groups in total. The van der Waals surface area contributed by atoms with Gasteiger partial charge in [-0.2, -0.15) is 0 Å². The van der Waals surface area contributed by atoms with Crippen molar-refractivity contribution in [3.8, 4) is 0 Å². The van der Waals surface area contributed by atoms with Crippen molar-refractivity contribution in [2.45, 2.75) is 368 Å². The molecule has 0 fully saturated rings. The lowest BCUT2D eigenvalue weighted by molar-refractivity contribution is -0.167. The second-order valence-corrected chi connectivity index (χ2v) is 21.9. The monoisotopic (exact) mass is 975 g/mol. The Morgan fingerprint density at radius 3 is 0.754 bits per heavy atom. The summed E-state index contributed by atoms with van der Waals surface area (Å²) in [6.45, 7) is 9.12. The van der Waals surface area contributed by atoms with Crippen molar-refractivity contribution in [1.82, 2.24) is 0 Å². The molecule has 6 nitrogen and oxygen atoms in total. The lowest BCUT2D eigenvalue weighted by Crippen LogP contribution is -2.30. The third-order valence-electron chi connectivity index (χ3n) is 14.9. The molecular formula is C63H122O6. The smallest absolute Gasteiger partial charge is 0.306 e. The zero-order valence-electron chi connectivity index (χ0n) is 47.3. The molecule has 0 heterocycles. The van der Waals surface area contributed by atoms with Crippen LogP contribution < -0.4 is 0 Å². The van der Waals surface area contributed by atoms with Gasteiger partial charge in [-0.1, -0.05) is 323 Å². The van der Waals surface area contributed by atoms with Crippen molar-refractivity contribution in [1.29, 1.82) is 0 Å². The van der Waals surface area contributed by atoms with E-state index in [0.717, 1.165) is 63.7 Å². The molecule has 6 heteroatoms. The molecule has 0 radical (unpaired) electrons. The van der Waals surface area contributed by atoms with Crippen LogP contribution in [0, 0.1) is 5.92 Å². The van der Waals surface area contributed by atoms with Gasteiger partial charge in [-0.15, -0.1) is 0 Å². The lowest BCUT2D eigenvalue weighted by atomic mass is 9.99. The van der Waals surface area contributed by atoms with E-state index in [1.54, 1.807) is 0 Å². The predicted octanol–water partition coefficient (Wildman–Crippen LogP) is 21.0. The van der Waals surface area contributed by atoms with E-state index in [4.69, 9.17) is 14.2 Å². The third-order valence-corrected chi connectivity index (χ3v) is 14.9. The second-order valence-electron chi connectivity index (χ2n) is 21.9. The fraction of sp³-hybridized carbons (Fsp3) is 0.952. The molecule has 0 aliphatic heterocycles. The molecule has 0 amide bonds. The van der Waals surface area contributed by atoms with Crippen molar-refractivity contribution in [2.75, 3.05) is 13.2 Å². The molecule has 0 aromatic heterocycles.